The monoisotopic (exact) mass is 557 g/mol. The fourth-order valence-electron chi connectivity index (χ4n) is 3.97. The molecule has 0 aromatic heterocycles. The topological polar surface area (TPSA) is 75.9 Å². The van der Waals surface area contributed by atoms with Gasteiger partial charge in [0, 0.05) is 25.6 Å². The third-order valence-electron chi connectivity index (χ3n) is 5.63. The highest BCUT2D eigenvalue weighted by Gasteiger charge is 2.30. The molecule has 1 atom stereocenters. The van der Waals surface area contributed by atoms with E-state index in [4.69, 9.17) is 28.9 Å². The number of ether oxygens (including phenoxy) is 1. The van der Waals surface area contributed by atoms with Gasteiger partial charge in [-0.1, -0.05) is 29.3 Å². The van der Waals surface area contributed by atoms with Crippen LogP contribution < -0.4 is 10.6 Å². The van der Waals surface area contributed by atoms with E-state index >= 15 is 0 Å². The molecule has 1 aliphatic heterocycles. The van der Waals surface area contributed by atoms with Gasteiger partial charge in [-0.05, 0) is 89.4 Å². The Labute approximate surface area is 227 Å². The van der Waals surface area contributed by atoms with Gasteiger partial charge in [0.15, 0.2) is 0 Å². The average Bonchev–Trinajstić information content (AvgIpc) is 2.74. The summed E-state index contributed by atoms with van der Waals surface area (Å²) in [5.74, 6) is -1.17. The van der Waals surface area contributed by atoms with Crippen LogP contribution >= 0.6 is 23.2 Å². The summed E-state index contributed by atoms with van der Waals surface area (Å²) >= 11 is 13.0. The van der Waals surface area contributed by atoms with E-state index in [0.29, 0.717) is 47.1 Å². The minimum atomic E-state index is -0.725. The number of benzene rings is 2. The van der Waals surface area contributed by atoms with Crippen molar-refractivity contribution in [3.63, 3.8) is 0 Å². The highest BCUT2D eigenvalue weighted by Crippen LogP contribution is 2.38. The number of amides is 2. The summed E-state index contributed by atoms with van der Waals surface area (Å²) in [6, 6.07) is 7.31. The summed E-state index contributed by atoms with van der Waals surface area (Å²) in [5, 5.41) is 0.876. The second-order valence-electron chi connectivity index (χ2n) is 10.3. The molecule has 2 amide bonds. The van der Waals surface area contributed by atoms with Crippen LogP contribution in [0.1, 0.15) is 44.7 Å². The van der Waals surface area contributed by atoms with Gasteiger partial charge in [-0.25, -0.2) is 13.6 Å². The molecule has 0 aliphatic carbocycles. The molecule has 6 nitrogen and oxygen atoms in total. The van der Waals surface area contributed by atoms with Gasteiger partial charge in [0.2, 0.25) is 5.91 Å². The first-order valence-corrected chi connectivity index (χ1v) is 12.8. The lowest BCUT2D eigenvalue weighted by molar-refractivity contribution is -0.120. The number of rotatable bonds is 6. The molecule has 0 radical (unpaired) electrons. The Hall–Kier alpha value is -2.42. The van der Waals surface area contributed by atoms with Crippen LogP contribution in [0.5, 0.6) is 0 Å². The van der Waals surface area contributed by atoms with Crippen LogP contribution in [0.15, 0.2) is 30.3 Å². The van der Waals surface area contributed by atoms with Crippen LogP contribution in [0.4, 0.5) is 19.3 Å². The maximum Gasteiger partial charge on any atom is 0.405 e. The molecule has 2 N–H and O–H groups in total. The molecule has 37 heavy (non-hydrogen) atoms. The first-order valence-electron chi connectivity index (χ1n) is 12.0. The van der Waals surface area contributed by atoms with Gasteiger partial charge in [-0.3, -0.25) is 4.79 Å². The van der Waals surface area contributed by atoms with Crippen LogP contribution in [0.2, 0.25) is 10.0 Å². The van der Waals surface area contributed by atoms with Gasteiger partial charge in [-0.15, -0.1) is 0 Å². The van der Waals surface area contributed by atoms with Gasteiger partial charge in [0.1, 0.15) is 17.2 Å². The standard InChI is InChI=1S/C22H24Cl2F2N2O.C5H11NO2/c1-27(2)8-7-14-10-18(23)22(19(24)11-14)28-13-15(3-6-21(28)29)9-16-4-5-17(25)12-20(16)26;1-5(2,3)8-4(6)7/h4-5,10-12,15H,3,6-9,13H2,1-2H3;1-3H3,(H2,6,7). The van der Waals surface area contributed by atoms with Crippen molar-refractivity contribution >= 4 is 40.9 Å². The molecule has 0 spiro atoms. The van der Waals surface area contributed by atoms with Gasteiger partial charge >= 0.3 is 6.09 Å². The van der Waals surface area contributed by atoms with Crippen molar-refractivity contribution in [2.75, 3.05) is 32.1 Å². The van der Waals surface area contributed by atoms with E-state index in [1.165, 1.54) is 12.1 Å². The Morgan fingerprint density at radius 1 is 1.16 bits per heavy atom. The van der Waals surface area contributed by atoms with Crippen molar-refractivity contribution in [2.45, 2.75) is 52.1 Å². The summed E-state index contributed by atoms with van der Waals surface area (Å²) in [5.41, 5.74) is 6.23. The Kier molecular flexibility index (Phi) is 11.2. The van der Waals surface area contributed by atoms with Crippen LogP contribution in [0.3, 0.4) is 0 Å². The number of carbonyl (C=O) groups excluding carboxylic acids is 2. The molecular weight excluding hydrogens is 523 g/mol. The van der Waals surface area contributed by atoms with Crippen molar-refractivity contribution < 1.29 is 23.1 Å². The third-order valence-corrected chi connectivity index (χ3v) is 6.21. The second-order valence-corrected chi connectivity index (χ2v) is 11.2. The van der Waals surface area contributed by atoms with Crippen LogP contribution in [0.25, 0.3) is 0 Å². The SMILES string of the molecule is CC(C)(C)OC(N)=O.CN(C)CCc1cc(Cl)c(N2CC(Cc3ccc(F)cc3F)CCC2=O)c(Cl)c1. The van der Waals surface area contributed by atoms with Crippen LogP contribution in [0, 0.1) is 17.6 Å². The van der Waals surface area contributed by atoms with Crippen LogP contribution in [-0.4, -0.2) is 49.7 Å². The molecule has 2 aromatic carbocycles. The van der Waals surface area contributed by atoms with E-state index in [9.17, 15) is 18.4 Å². The molecule has 2 aromatic rings. The lowest BCUT2D eigenvalue weighted by Crippen LogP contribution is -2.41. The van der Waals surface area contributed by atoms with E-state index in [-0.39, 0.29) is 11.8 Å². The normalized spacial score (nSPS) is 15.9. The van der Waals surface area contributed by atoms with Gasteiger partial charge in [-0.2, -0.15) is 0 Å². The van der Waals surface area contributed by atoms with Crippen molar-refractivity contribution in [2.24, 2.45) is 11.7 Å². The summed E-state index contributed by atoms with van der Waals surface area (Å²) < 4.78 is 31.8. The molecule has 0 saturated carbocycles. The van der Waals surface area contributed by atoms with E-state index in [0.717, 1.165) is 24.6 Å². The number of likely N-dealkylation sites (N-methyl/N-ethyl adjacent to an activating group) is 1. The number of nitrogens with two attached hydrogens (primary N) is 1. The zero-order chi connectivity index (χ0) is 27.9. The average molecular weight is 558 g/mol. The quantitative estimate of drug-likeness (QED) is 0.456. The number of anilines is 1. The Bertz CT molecular complexity index is 1080. The summed E-state index contributed by atoms with van der Waals surface area (Å²) in [6.07, 6.45) is 1.47. The maximum atomic E-state index is 14.0. The molecule has 1 unspecified atom stereocenters. The summed E-state index contributed by atoms with van der Waals surface area (Å²) in [7, 11) is 3.99. The van der Waals surface area contributed by atoms with E-state index in [1.54, 1.807) is 25.7 Å². The molecule has 1 heterocycles. The highest BCUT2D eigenvalue weighted by molar-refractivity contribution is 6.40. The Morgan fingerprint density at radius 2 is 1.78 bits per heavy atom. The van der Waals surface area contributed by atoms with Crippen molar-refractivity contribution in [1.82, 2.24) is 4.90 Å². The number of carbonyl (C=O) groups is 2. The summed E-state index contributed by atoms with van der Waals surface area (Å²) in [6.45, 7) is 6.54. The molecule has 1 fully saturated rings. The molecule has 204 valence electrons. The Balaban J connectivity index is 0.000000521. The lowest BCUT2D eigenvalue weighted by atomic mass is 9.90. The summed E-state index contributed by atoms with van der Waals surface area (Å²) in [4.78, 5) is 26.3. The van der Waals surface area contributed by atoms with Gasteiger partial charge in [0.05, 0.1) is 15.7 Å². The van der Waals surface area contributed by atoms with Crippen LogP contribution in [-0.2, 0) is 22.4 Å². The van der Waals surface area contributed by atoms with Gasteiger partial charge in [0.25, 0.3) is 0 Å². The molecule has 3 rings (SSSR count). The van der Waals surface area contributed by atoms with E-state index in [1.807, 2.05) is 26.2 Å². The number of halogens is 4. The van der Waals surface area contributed by atoms with E-state index in [2.05, 4.69) is 9.64 Å². The Morgan fingerprint density at radius 3 is 2.27 bits per heavy atom. The number of hydrogen-bond acceptors (Lipinski definition) is 4. The van der Waals surface area contributed by atoms with Gasteiger partial charge < -0.3 is 20.3 Å². The highest BCUT2D eigenvalue weighted by atomic mass is 35.5. The van der Waals surface area contributed by atoms with E-state index < -0.39 is 23.3 Å². The molecule has 0 bridgehead atoms. The fourth-order valence-corrected chi connectivity index (χ4v) is 4.71. The smallest absolute Gasteiger partial charge is 0.405 e. The minimum Gasteiger partial charge on any atom is -0.444 e. The third kappa shape index (κ3) is 10.1. The number of primary amides is 1. The first kappa shape index (κ1) is 30.8. The number of hydrogen-bond donors (Lipinski definition) is 1. The zero-order valence-corrected chi connectivity index (χ0v) is 23.4. The molecule has 10 heteroatoms. The lowest BCUT2D eigenvalue weighted by Gasteiger charge is -2.34. The largest absolute Gasteiger partial charge is 0.444 e. The number of piperidine rings is 1. The predicted molar refractivity (Wildman–Crippen MR) is 144 cm³/mol. The van der Waals surface area contributed by atoms with Crippen molar-refractivity contribution in [3.05, 3.63) is 63.1 Å². The van der Waals surface area contributed by atoms with Crippen molar-refractivity contribution in [1.29, 1.82) is 0 Å². The molecule has 1 saturated heterocycles. The number of nitrogens with zero attached hydrogens (tertiary/aromatic N) is 2. The van der Waals surface area contributed by atoms with Crippen molar-refractivity contribution in [3.8, 4) is 0 Å². The molecule has 1 aliphatic rings. The molecular formula is C27H35Cl2F2N3O3. The first-order chi connectivity index (χ1) is 17.2. The fraction of sp³-hybridized carbons (Fsp3) is 0.481. The second kappa shape index (κ2) is 13.4. The predicted octanol–water partition coefficient (Wildman–Crippen LogP) is 6.24. The maximum absolute atomic E-state index is 14.0. The zero-order valence-electron chi connectivity index (χ0n) is 21.9. The minimum absolute atomic E-state index is 0.0354.